The molecule has 0 aliphatic carbocycles. The predicted molar refractivity (Wildman–Crippen MR) is 58.9 cm³/mol. The molecule has 3 atom stereocenters. The number of nitrogens with zero attached hydrogens (tertiary/aromatic N) is 1. The molecular formula is C11H20N2O3. The lowest BCUT2D eigenvalue weighted by atomic mass is 10.1. The van der Waals surface area contributed by atoms with E-state index < -0.39 is 0 Å². The van der Waals surface area contributed by atoms with Gasteiger partial charge in [-0.3, -0.25) is 4.79 Å². The maximum absolute atomic E-state index is 12.1. The van der Waals surface area contributed by atoms with Crippen LogP contribution in [0.25, 0.3) is 0 Å². The minimum absolute atomic E-state index is 0.0278. The van der Waals surface area contributed by atoms with E-state index in [9.17, 15) is 4.79 Å². The smallest absolute Gasteiger partial charge is 0.228 e. The second-order valence-corrected chi connectivity index (χ2v) is 4.61. The van der Waals surface area contributed by atoms with Crippen molar-refractivity contribution in [2.24, 2.45) is 11.7 Å². The Bertz CT molecular complexity index is 252. The fraction of sp³-hybridized carbons (Fsp3) is 0.909. The molecule has 0 aromatic rings. The highest BCUT2D eigenvalue weighted by atomic mass is 16.5. The highest BCUT2D eigenvalue weighted by Gasteiger charge is 2.32. The quantitative estimate of drug-likeness (QED) is 0.698. The summed E-state index contributed by atoms with van der Waals surface area (Å²) in [5.41, 5.74) is 5.80. The van der Waals surface area contributed by atoms with Crippen molar-refractivity contribution in [3.05, 3.63) is 0 Å². The van der Waals surface area contributed by atoms with Crippen LogP contribution < -0.4 is 5.73 Å². The molecule has 5 nitrogen and oxygen atoms in total. The van der Waals surface area contributed by atoms with Crippen molar-refractivity contribution in [1.29, 1.82) is 0 Å². The van der Waals surface area contributed by atoms with Gasteiger partial charge in [0.1, 0.15) is 0 Å². The van der Waals surface area contributed by atoms with E-state index in [0.717, 1.165) is 6.42 Å². The molecule has 92 valence electrons. The minimum Gasteiger partial charge on any atom is -0.381 e. The highest BCUT2D eigenvalue weighted by molar-refractivity contribution is 5.79. The molecule has 1 amide bonds. The summed E-state index contributed by atoms with van der Waals surface area (Å²) >= 11 is 0. The zero-order valence-electron chi connectivity index (χ0n) is 9.72. The summed E-state index contributed by atoms with van der Waals surface area (Å²) in [6, 6.07) is -0.0320. The molecule has 2 rings (SSSR count). The van der Waals surface area contributed by atoms with Gasteiger partial charge in [-0.2, -0.15) is 0 Å². The molecule has 0 spiro atoms. The van der Waals surface area contributed by atoms with Gasteiger partial charge in [0.25, 0.3) is 0 Å². The number of ether oxygens (including phenoxy) is 2. The predicted octanol–water partition coefficient (Wildman–Crippen LogP) is -0.402. The second kappa shape index (κ2) is 5.12. The average Bonchev–Trinajstić information content (AvgIpc) is 2.81. The molecule has 2 N–H and O–H groups in total. The van der Waals surface area contributed by atoms with Gasteiger partial charge in [0.05, 0.1) is 25.2 Å². The lowest BCUT2D eigenvalue weighted by Crippen LogP contribution is -2.52. The average molecular weight is 228 g/mol. The van der Waals surface area contributed by atoms with Gasteiger partial charge in [0, 0.05) is 25.7 Å². The molecule has 0 radical (unpaired) electrons. The van der Waals surface area contributed by atoms with E-state index >= 15 is 0 Å². The number of nitrogens with two attached hydrogens (primary N) is 1. The first-order valence-electron chi connectivity index (χ1n) is 5.92. The van der Waals surface area contributed by atoms with Gasteiger partial charge >= 0.3 is 0 Å². The van der Waals surface area contributed by atoms with E-state index in [4.69, 9.17) is 15.2 Å². The molecule has 2 aliphatic rings. The van der Waals surface area contributed by atoms with Crippen molar-refractivity contribution < 1.29 is 14.3 Å². The maximum atomic E-state index is 12.1. The third kappa shape index (κ3) is 2.53. The maximum Gasteiger partial charge on any atom is 0.228 e. The molecule has 0 aromatic carbocycles. The monoisotopic (exact) mass is 228 g/mol. The number of hydrogen-bond acceptors (Lipinski definition) is 4. The molecule has 0 bridgehead atoms. The summed E-state index contributed by atoms with van der Waals surface area (Å²) in [6.07, 6.45) is 0.819. The van der Waals surface area contributed by atoms with Crippen LogP contribution in [0, 0.1) is 5.92 Å². The molecule has 5 heteroatoms. The van der Waals surface area contributed by atoms with Crippen LogP contribution in [0.5, 0.6) is 0 Å². The number of carbonyl (C=O) groups is 1. The van der Waals surface area contributed by atoms with Crippen LogP contribution >= 0.6 is 0 Å². The Labute approximate surface area is 95.9 Å². The summed E-state index contributed by atoms with van der Waals surface area (Å²) in [4.78, 5) is 14.0. The molecule has 0 aromatic heterocycles. The van der Waals surface area contributed by atoms with E-state index in [1.165, 1.54) is 0 Å². The van der Waals surface area contributed by atoms with Gasteiger partial charge in [-0.15, -0.1) is 0 Å². The summed E-state index contributed by atoms with van der Waals surface area (Å²) < 4.78 is 10.8. The standard InChI is InChI=1S/C11H20N2O3/c1-8(12)10-6-13(3-5-16-10)11(14)9-2-4-15-7-9/h8-10H,2-7,12H2,1H3. The summed E-state index contributed by atoms with van der Waals surface area (Å²) in [7, 11) is 0. The molecular weight excluding hydrogens is 208 g/mol. The van der Waals surface area contributed by atoms with Gasteiger partial charge < -0.3 is 20.1 Å². The SMILES string of the molecule is CC(N)C1CN(C(=O)C2CCOC2)CCO1. The van der Waals surface area contributed by atoms with Crippen LogP contribution in [0.1, 0.15) is 13.3 Å². The molecule has 16 heavy (non-hydrogen) atoms. The second-order valence-electron chi connectivity index (χ2n) is 4.61. The van der Waals surface area contributed by atoms with Crippen LogP contribution in [-0.4, -0.2) is 55.9 Å². The third-order valence-corrected chi connectivity index (χ3v) is 3.27. The first kappa shape index (κ1) is 11.8. The Morgan fingerprint density at radius 2 is 2.31 bits per heavy atom. The summed E-state index contributed by atoms with van der Waals surface area (Å²) in [5.74, 6) is 0.248. The molecule has 2 saturated heterocycles. The Kier molecular flexibility index (Phi) is 3.78. The van der Waals surface area contributed by atoms with E-state index in [1.54, 1.807) is 0 Å². The van der Waals surface area contributed by atoms with Gasteiger partial charge in [0.15, 0.2) is 0 Å². The normalized spacial score (nSPS) is 32.8. The van der Waals surface area contributed by atoms with Crippen molar-refractivity contribution in [2.45, 2.75) is 25.5 Å². The third-order valence-electron chi connectivity index (χ3n) is 3.27. The molecule has 0 saturated carbocycles. The van der Waals surface area contributed by atoms with Crippen molar-refractivity contribution in [2.75, 3.05) is 32.9 Å². The lowest BCUT2D eigenvalue weighted by Gasteiger charge is -2.35. The topological polar surface area (TPSA) is 64.8 Å². The fourth-order valence-corrected chi connectivity index (χ4v) is 2.18. The molecule has 2 heterocycles. The number of hydrogen-bond donors (Lipinski definition) is 1. The van der Waals surface area contributed by atoms with Crippen LogP contribution in [-0.2, 0) is 14.3 Å². The minimum atomic E-state index is -0.0320. The Morgan fingerprint density at radius 1 is 1.50 bits per heavy atom. The van der Waals surface area contributed by atoms with E-state index in [1.807, 2.05) is 11.8 Å². The molecule has 3 unspecified atom stereocenters. The van der Waals surface area contributed by atoms with Crippen molar-refractivity contribution in [1.82, 2.24) is 4.90 Å². The van der Waals surface area contributed by atoms with Crippen LogP contribution in [0.2, 0.25) is 0 Å². The fourth-order valence-electron chi connectivity index (χ4n) is 2.18. The largest absolute Gasteiger partial charge is 0.381 e. The lowest BCUT2D eigenvalue weighted by molar-refractivity contribution is -0.143. The first-order chi connectivity index (χ1) is 7.68. The van der Waals surface area contributed by atoms with Crippen LogP contribution in [0.3, 0.4) is 0 Å². The van der Waals surface area contributed by atoms with Gasteiger partial charge in [-0.05, 0) is 13.3 Å². The zero-order chi connectivity index (χ0) is 11.5. The molecule has 2 aliphatic heterocycles. The van der Waals surface area contributed by atoms with Crippen molar-refractivity contribution >= 4 is 5.91 Å². The van der Waals surface area contributed by atoms with Crippen molar-refractivity contribution in [3.8, 4) is 0 Å². The summed E-state index contributed by atoms with van der Waals surface area (Å²) in [5, 5.41) is 0. The summed E-state index contributed by atoms with van der Waals surface area (Å²) in [6.45, 7) is 5.07. The van der Waals surface area contributed by atoms with Gasteiger partial charge in [0.2, 0.25) is 5.91 Å². The van der Waals surface area contributed by atoms with Gasteiger partial charge in [-0.1, -0.05) is 0 Å². The molecule has 2 fully saturated rings. The zero-order valence-corrected chi connectivity index (χ0v) is 9.72. The Morgan fingerprint density at radius 3 is 2.94 bits per heavy atom. The van der Waals surface area contributed by atoms with E-state index in [0.29, 0.717) is 32.9 Å². The number of amides is 1. The van der Waals surface area contributed by atoms with Crippen LogP contribution in [0.4, 0.5) is 0 Å². The van der Waals surface area contributed by atoms with Crippen molar-refractivity contribution in [3.63, 3.8) is 0 Å². The van der Waals surface area contributed by atoms with E-state index in [2.05, 4.69) is 0 Å². The highest BCUT2D eigenvalue weighted by Crippen LogP contribution is 2.18. The number of carbonyl (C=O) groups excluding carboxylic acids is 1. The van der Waals surface area contributed by atoms with Crippen LogP contribution in [0.15, 0.2) is 0 Å². The Hall–Kier alpha value is -0.650. The van der Waals surface area contributed by atoms with Gasteiger partial charge in [-0.25, -0.2) is 0 Å². The Balaban J connectivity index is 1.90. The first-order valence-corrected chi connectivity index (χ1v) is 5.92. The van der Waals surface area contributed by atoms with E-state index in [-0.39, 0.29) is 24.0 Å². The number of rotatable bonds is 2. The number of morpholine rings is 1.